The van der Waals surface area contributed by atoms with Crippen LogP contribution in [0.3, 0.4) is 0 Å². The van der Waals surface area contributed by atoms with Crippen molar-refractivity contribution < 1.29 is 5.11 Å². The second kappa shape index (κ2) is 3.51. The van der Waals surface area contributed by atoms with Gasteiger partial charge in [0.25, 0.3) is 0 Å². The SMILES string of the molecule is CC(C)C#C[C@@H](C)O. The third kappa shape index (κ3) is 5.52. The summed E-state index contributed by atoms with van der Waals surface area (Å²) >= 11 is 0. The molecule has 8 heavy (non-hydrogen) atoms. The molecule has 0 aliphatic rings. The summed E-state index contributed by atoms with van der Waals surface area (Å²) in [6, 6.07) is 0. The standard InChI is InChI=1S/C7H12O/c1-6(2)4-5-7(3)8/h6-8H,1-3H3/t7-/m1/s1. The van der Waals surface area contributed by atoms with Crippen LogP contribution in [-0.4, -0.2) is 11.2 Å². The van der Waals surface area contributed by atoms with Crippen LogP contribution in [0.4, 0.5) is 0 Å². The van der Waals surface area contributed by atoms with E-state index in [0.717, 1.165) is 0 Å². The fourth-order valence-electron chi connectivity index (χ4n) is 0.287. The van der Waals surface area contributed by atoms with Gasteiger partial charge in [-0.2, -0.15) is 0 Å². The lowest BCUT2D eigenvalue weighted by atomic mass is 10.2. The van der Waals surface area contributed by atoms with E-state index in [9.17, 15) is 0 Å². The zero-order valence-electron chi connectivity index (χ0n) is 5.60. The fourth-order valence-corrected chi connectivity index (χ4v) is 0.287. The Morgan fingerprint density at radius 1 is 1.12 bits per heavy atom. The summed E-state index contributed by atoms with van der Waals surface area (Å²) in [6.07, 6.45) is -0.475. The molecule has 0 spiro atoms. The smallest absolute Gasteiger partial charge is 0.111 e. The van der Waals surface area contributed by atoms with Crippen molar-refractivity contribution in [2.45, 2.75) is 26.9 Å². The van der Waals surface area contributed by atoms with Gasteiger partial charge in [0.15, 0.2) is 0 Å². The first-order chi connectivity index (χ1) is 3.63. The van der Waals surface area contributed by atoms with E-state index in [0.29, 0.717) is 5.92 Å². The van der Waals surface area contributed by atoms with Gasteiger partial charge in [-0.25, -0.2) is 0 Å². The molecule has 1 heteroatoms. The molecule has 0 saturated heterocycles. The van der Waals surface area contributed by atoms with Crippen LogP contribution in [0.1, 0.15) is 20.8 Å². The molecule has 0 aliphatic carbocycles. The maximum absolute atomic E-state index is 8.63. The highest BCUT2D eigenvalue weighted by Gasteiger charge is 1.84. The Hall–Kier alpha value is -0.480. The third-order valence-corrected chi connectivity index (χ3v) is 0.581. The third-order valence-electron chi connectivity index (χ3n) is 0.581. The molecule has 0 aromatic heterocycles. The summed E-state index contributed by atoms with van der Waals surface area (Å²) < 4.78 is 0. The van der Waals surface area contributed by atoms with Crippen LogP contribution >= 0.6 is 0 Å². The number of rotatable bonds is 0. The summed E-state index contributed by atoms with van der Waals surface area (Å²) in [6.45, 7) is 5.65. The van der Waals surface area contributed by atoms with Gasteiger partial charge in [-0.05, 0) is 6.92 Å². The normalized spacial score (nSPS) is 12.6. The minimum absolute atomic E-state index is 0.365. The molecule has 0 unspecified atom stereocenters. The van der Waals surface area contributed by atoms with E-state index in [1.165, 1.54) is 0 Å². The van der Waals surface area contributed by atoms with Gasteiger partial charge in [-0.3, -0.25) is 0 Å². The highest BCUT2D eigenvalue weighted by Crippen LogP contribution is 1.86. The second-order valence-electron chi connectivity index (χ2n) is 2.12. The van der Waals surface area contributed by atoms with E-state index >= 15 is 0 Å². The molecule has 0 bridgehead atoms. The van der Waals surface area contributed by atoms with Gasteiger partial charge in [0.2, 0.25) is 0 Å². The predicted octanol–water partition coefficient (Wildman–Crippen LogP) is 1.03. The molecule has 0 radical (unpaired) electrons. The van der Waals surface area contributed by atoms with Gasteiger partial charge in [0.1, 0.15) is 6.10 Å². The summed E-state index contributed by atoms with van der Waals surface area (Å²) in [4.78, 5) is 0. The Balaban J connectivity index is 3.50. The van der Waals surface area contributed by atoms with Crippen LogP contribution in [0.15, 0.2) is 0 Å². The van der Waals surface area contributed by atoms with Crippen molar-refractivity contribution >= 4 is 0 Å². The summed E-state index contributed by atoms with van der Waals surface area (Å²) in [5.41, 5.74) is 0. The molecule has 1 atom stereocenters. The van der Waals surface area contributed by atoms with E-state index in [1.54, 1.807) is 6.92 Å². The lowest BCUT2D eigenvalue weighted by molar-refractivity contribution is 0.253. The molecule has 0 aromatic carbocycles. The Labute approximate surface area is 50.7 Å². The van der Waals surface area contributed by atoms with Crippen LogP contribution in [-0.2, 0) is 0 Å². The molecule has 0 fully saturated rings. The molecule has 46 valence electrons. The van der Waals surface area contributed by atoms with Crippen LogP contribution < -0.4 is 0 Å². The zero-order valence-corrected chi connectivity index (χ0v) is 5.60. The molecule has 0 heterocycles. The van der Waals surface area contributed by atoms with E-state index in [1.807, 2.05) is 13.8 Å². The minimum atomic E-state index is -0.475. The molecule has 1 nitrogen and oxygen atoms in total. The summed E-state index contributed by atoms with van der Waals surface area (Å²) in [7, 11) is 0. The summed E-state index contributed by atoms with van der Waals surface area (Å²) in [5, 5.41) is 8.63. The molecule has 0 rings (SSSR count). The average molecular weight is 112 g/mol. The van der Waals surface area contributed by atoms with Crippen molar-refractivity contribution in [3.63, 3.8) is 0 Å². The lowest BCUT2D eigenvalue weighted by Gasteiger charge is -1.89. The maximum atomic E-state index is 8.63. The largest absolute Gasteiger partial charge is 0.381 e. The number of aliphatic hydroxyl groups is 1. The molecule has 0 saturated carbocycles. The number of hydrogen-bond acceptors (Lipinski definition) is 1. The molecule has 0 aliphatic heterocycles. The first-order valence-corrected chi connectivity index (χ1v) is 2.82. The van der Waals surface area contributed by atoms with Gasteiger partial charge in [-0.1, -0.05) is 25.7 Å². The van der Waals surface area contributed by atoms with Crippen molar-refractivity contribution in [3.8, 4) is 11.8 Å². The van der Waals surface area contributed by atoms with Gasteiger partial charge in [0, 0.05) is 5.92 Å². The fraction of sp³-hybridized carbons (Fsp3) is 0.714. The molecule has 0 amide bonds. The summed E-state index contributed by atoms with van der Waals surface area (Å²) in [5.74, 6) is 5.86. The van der Waals surface area contributed by atoms with Gasteiger partial charge < -0.3 is 5.11 Å². The molecular weight excluding hydrogens is 100 g/mol. The van der Waals surface area contributed by atoms with E-state index in [-0.39, 0.29) is 0 Å². The van der Waals surface area contributed by atoms with E-state index in [4.69, 9.17) is 5.11 Å². The van der Waals surface area contributed by atoms with Crippen LogP contribution in [0.5, 0.6) is 0 Å². The van der Waals surface area contributed by atoms with Crippen molar-refractivity contribution in [1.82, 2.24) is 0 Å². The van der Waals surface area contributed by atoms with Crippen molar-refractivity contribution in [2.75, 3.05) is 0 Å². The lowest BCUT2D eigenvalue weighted by Crippen LogP contribution is -1.93. The van der Waals surface area contributed by atoms with E-state index in [2.05, 4.69) is 11.8 Å². The Morgan fingerprint density at radius 3 is 1.75 bits per heavy atom. The molecule has 0 aromatic rings. The number of hydrogen-bond donors (Lipinski definition) is 1. The first-order valence-electron chi connectivity index (χ1n) is 2.82. The van der Waals surface area contributed by atoms with Gasteiger partial charge in [-0.15, -0.1) is 0 Å². The monoisotopic (exact) mass is 112 g/mol. The van der Waals surface area contributed by atoms with Gasteiger partial charge >= 0.3 is 0 Å². The van der Waals surface area contributed by atoms with Crippen LogP contribution in [0.25, 0.3) is 0 Å². The molecule has 1 N–H and O–H groups in total. The Bertz CT molecular complexity index is 91.3. The Morgan fingerprint density at radius 2 is 1.62 bits per heavy atom. The zero-order chi connectivity index (χ0) is 6.57. The topological polar surface area (TPSA) is 20.2 Å². The van der Waals surface area contributed by atoms with Crippen LogP contribution in [0, 0.1) is 17.8 Å². The first kappa shape index (κ1) is 7.52. The number of aliphatic hydroxyl groups excluding tert-OH is 1. The highest BCUT2D eigenvalue weighted by molar-refractivity contribution is 5.04. The predicted molar refractivity (Wildman–Crippen MR) is 34.3 cm³/mol. The maximum Gasteiger partial charge on any atom is 0.111 e. The van der Waals surface area contributed by atoms with Crippen molar-refractivity contribution in [1.29, 1.82) is 0 Å². The average Bonchev–Trinajstić information content (AvgIpc) is 1.61. The van der Waals surface area contributed by atoms with Gasteiger partial charge in [0.05, 0.1) is 0 Å². The van der Waals surface area contributed by atoms with Crippen molar-refractivity contribution in [3.05, 3.63) is 0 Å². The molecular formula is C7H12O. The second-order valence-corrected chi connectivity index (χ2v) is 2.12. The highest BCUT2D eigenvalue weighted by atomic mass is 16.3. The Kier molecular flexibility index (Phi) is 3.30. The van der Waals surface area contributed by atoms with E-state index < -0.39 is 6.10 Å². The quantitative estimate of drug-likeness (QED) is 0.464. The minimum Gasteiger partial charge on any atom is -0.381 e. The van der Waals surface area contributed by atoms with Crippen molar-refractivity contribution in [2.24, 2.45) is 5.92 Å². The van der Waals surface area contributed by atoms with Crippen LogP contribution in [0.2, 0.25) is 0 Å².